The van der Waals surface area contributed by atoms with E-state index in [2.05, 4.69) is 4.72 Å². The van der Waals surface area contributed by atoms with E-state index in [9.17, 15) is 17.6 Å². The van der Waals surface area contributed by atoms with Gasteiger partial charge in [-0.05, 0) is 29.8 Å². The first-order valence-corrected chi connectivity index (χ1v) is 7.96. The highest BCUT2D eigenvalue weighted by Gasteiger charge is 2.19. The number of anilines is 1. The maximum atomic E-state index is 13.6. The van der Waals surface area contributed by atoms with Gasteiger partial charge in [-0.15, -0.1) is 0 Å². The molecule has 23 heavy (non-hydrogen) atoms. The first-order valence-electron chi connectivity index (χ1n) is 6.47. The van der Waals surface area contributed by atoms with Crippen LogP contribution in [0.2, 0.25) is 0 Å². The molecule has 0 atom stereocenters. The summed E-state index contributed by atoms with van der Waals surface area (Å²) in [6, 6.07) is 9.24. The summed E-state index contributed by atoms with van der Waals surface area (Å²) < 4.78 is 45.7. The van der Waals surface area contributed by atoms with Gasteiger partial charge in [-0.3, -0.25) is 4.72 Å². The highest BCUT2D eigenvalue weighted by Crippen LogP contribution is 2.22. The van der Waals surface area contributed by atoms with Crippen molar-refractivity contribution < 1.29 is 27.4 Å². The number of benzene rings is 2. The van der Waals surface area contributed by atoms with E-state index < -0.39 is 27.4 Å². The summed E-state index contributed by atoms with van der Waals surface area (Å²) >= 11 is 0. The zero-order chi connectivity index (χ0) is 17.0. The van der Waals surface area contributed by atoms with Crippen molar-refractivity contribution in [2.75, 3.05) is 11.8 Å². The van der Waals surface area contributed by atoms with Gasteiger partial charge in [0.2, 0.25) is 0 Å². The first kappa shape index (κ1) is 16.9. The van der Waals surface area contributed by atoms with E-state index in [0.717, 1.165) is 12.1 Å². The number of carboxylic acids is 1. The number of aromatic carboxylic acids is 1. The third-order valence-corrected chi connectivity index (χ3v) is 4.50. The van der Waals surface area contributed by atoms with E-state index >= 15 is 0 Å². The van der Waals surface area contributed by atoms with Crippen molar-refractivity contribution in [2.45, 2.75) is 11.5 Å². The van der Waals surface area contributed by atoms with Crippen molar-refractivity contribution in [3.8, 4) is 0 Å². The summed E-state index contributed by atoms with van der Waals surface area (Å²) in [6.07, 6.45) is 0. The van der Waals surface area contributed by atoms with E-state index in [1.54, 1.807) is 18.2 Å². The van der Waals surface area contributed by atoms with Gasteiger partial charge in [0.1, 0.15) is 5.82 Å². The van der Waals surface area contributed by atoms with Crippen LogP contribution in [0.4, 0.5) is 10.1 Å². The van der Waals surface area contributed by atoms with Crippen molar-refractivity contribution in [1.29, 1.82) is 0 Å². The molecule has 0 unspecified atom stereocenters. The molecule has 2 aromatic rings. The quantitative estimate of drug-likeness (QED) is 0.843. The van der Waals surface area contributed by atoms with Crippen LogP contribution in [0.3, 0.4) is 0 Å². The van der Waals surface area contributed by atoms with Crippen LogP contribution < -0.4 is 4.72 Å². The van der Waals surface area contributed by atoms with Gasteiger partial charge >= 0.3 is 5.97 Å². The number of halogens is 1. The fraction of sp³-hybridized carbons (Fsp3) is 0.133. The standard InChI is InChI=1S/C15H14FNO5S/c1-22-9-10-4-2-3-5-14(10)23(20,21)17-11-6-7-12(15(18)19)13(16)8-11/h2-8,17H,9H2,1H3,(H,18,19). The summed E-state index contributed by atoms with van der Waals surface area (Å²) in [5.74, 6) is -2.45. The largest absolute Gasteiger partial charge is 0.478 e. The Labute approximate surface area is 132 Å². The molecule has 0 amide bonds. The summed E-state index contributed by atoms with van der Waals surface area (Å²) in [6.45, 7) is 0.101. The molecule has 6 nitrogen and oxygen atoms in total. The molecule has 0 aromatic heterocycles. The van der Waals surface area contributed by atoms with E-state index in [4.69, 9.17) is 9.84 Å². The van der Waals surface area contributed by atoms with Crippen LogP contribution in [0.15, 0.2) is 47.4 Å². The third-order valence-electron chi connectivity index (χ3n) is 3.01. The third kappa shape index (κ3) is 3.85. The number of nitrogens with one attached hydrogen (secondary N) is 1. The number of rotatable bonds is 6. The SMILES string of the molecule is COCc1ccccc1S(=O)(=O)Nc1ccc(C(=O)O)c(F)c1. The Kier molecular flexibility index (Phi) is 4.97. The van der Waals surface area contributed by atoms with Crippen molar-refractivity contribution in [3.63, 3.8) is 0 Å². The van der Waals surface area contributed by atoms with E-state index in [1.807, 2.05) is 0 Å². The first-order chi connectivity index (χ1) is 10.8. The van der Waals surface area contributed by atoms with Crippen LogP contribution in [0.1, 0.15) is 15.9 Å². The monoisotopic (exact) mass is 339 g/mol. The van der Waals surface area contributed by atoms with Gasteiger partial charge in [0.15, 0.2) is 0 Å². The Hall–Kier alpha value is -2.45. The van der Waals surface area contributed by atoms with Crippen LogP contribution >= 0.6 is 0 Å². The molecule has 8 heteroatoms. The van der Waals surface area contributed by atoms with Crippen molar-refractivity contribution in [2.24, 2.45) is 0 Å². The molecule has 0 saturated heterocycles. The zero-order valence-corrected chi connectivity index (χ0v) is 12.9. The minimum Gasteiger partial charge on any atom is -0.478 e. The van der Waals surface area contributed by atoms with Gasteiger partial charge < -0.3 is 9.84 Å². The zero-order valence-electron chi connectivity index (χ0n) is 12.1. The summed E-state index contributed by atoms with van der Waals surface area (Å²) in [7, 11) is -2.52. The van der Waals surface area contributed by atoms with Crippen molar-refractivity contribution >= 4 is 21.7 Å². The lowest BCUT2D eigenvalue weighted by Gasteiger charge is -2.12. The molecule has 0 saturated carbocycles. The second kappa shape index (κ2) is 6.76. The smallest absolute Gasteiger partial charge is 0.338 e. The second-order valence-electron chi connectivity index (χ2n) is 4.65. The van der Waals surface area contributed by atoms with Crippen LogP contribution in [0.25, 0.3) is 0 Å². The molecule has 2 aromatic carbocycles. The summed E-state index contributed by atoms with van der Waals surface area (Å²) in [5.41, 5.74) is -0.155. The van der Waals surface area contributed by atoms with Gasteiger partial charge in [-0.2, -0.15) is 0 Å². The van der Waals surface area contributed by atoms with Crippen LogP contribution in [-0.4, -0.2) is 26.6 Å². The van der Waals surface area contributed by atoms with Crippen LogP contribution in [0.5, 0.6) is 0 Å². The highest BCUT2D eigenvalue weighted by atomic mass is 32.2. The Morgan fingerprint density at radius 2 is 1.96 bits per heavy atom. The lowest BCUT2D eigenvalue weighted by molar-refractivity contribution is 0.0692. The van der Waals surface area contributed by atoms with Gasteiger partial charge in [-0.25, -0.2) is 17.6 Å². The summed E-state index contributed by atoms with van der Waals surface area (Å²) in [5, 5.41) is 8.77. The molecule has 2 rings (SSSR count). The molecular weight excluding hydrogens is 325 g/mol. The minimum absolute atomic E-state index is 0.00423. The topological polar surface area (TPSA) is 92.7 Å². The molecule has 2 N–H and O–H groups in total. The van der Waals surface area contributed by atoms with E-state index in [0.29, 0.717) is 5.56 Å². The number of hydrogen-bond acceptors (Lipinski definition) is 4. The molecule has 0 aliphatic rings. The maximum absolute atomic E-state index is 13.6. The average molecular weight is 339 g/mol. The lowest BCUT2D eigenvalue weighted by Crippen LogP contribution is -2.15. The second-order valence-corrected chi connectivity index (χ2v) is 6.30. The average Bonchev–Trinajstić information content (AvgIpc) is 2.47. The Balaban J connectivity index is 2.36. The van der Waals surface area contributed by atoms with E-state index in [-0.39, 0.29) is 17.2 Å². The predicted molar refractivity (Wildman–Crippen MR) is 81.3 cm³/mol. The lowest BCUT2D eigenvalue weighted by atomic mass is 10.2. The van der Waals surface area contributed by atoms with Gasteiger partial charge in [-0.1, -0.05) is 18.2 Å². The normalized spacial score (nSPS) is 11.2. The predicted octanol–water partition coefficient (Wildman–Crippen LogP) is 2.47. The molecule has 0 aliphatic carbocycles. The van der Waals surface area contributed by atoms with Gasteiger partial charge in [0.25, 0.3) is 10.0 Å². The fourth-order valence-electron chi connectivity index (χ4n) is 2.00. The van der Waals surface area contributed by atoms with Crippen LogP contribution in [-0.2, 0) is 21.4 Å². The number of methoxy groups -OCH3 is 1. The molecule has 0 bridgehead atoms. The molecule has 0 heterocycles. The van der Waals surface area contributed by atoms with Crippen LogP contribution in [0, 0.1) is 5.82 Å². The van der Waals surface area contributed by atoms with Gasteiger partial charge in [0.05, 0.1) is 22.8 Å². The Morgan fingerprint density at radius 3 is 2.57 bits per heavy atom. The number of hydrogen-bond donors (Lipinski definition) is 2. The highest BCUT2D eigenvalue weighted by molar-refractivity contribution is 7.92. The fourth-order valence-corrected chi connectivity index (χ4v) is 3.28. The summed E-state index contributed by atoms with van der Waals surface area (Å²) in [4.78, 5) is 10.8. The Morgan fingerprint density at radius 1 is 1.26 bits per heavy atom. The van der Waals surface area contributed by atoms with Crippen molar-refractivity contribution in [1.82, 2.24) is 0 Å². The molecule has 0 radical (unpaired) electrons. The van der Waals surface area contributed by atoms with Crippen molar-refractivity contribution in [3.05, 3.63) is 59.4 Å². The molecule has 0 aliphatic heterocycles. The number of sulfonamides is 1. The maximum Gasteiger partial charge on any atom is 0.338 e. The molecule has 0 fully saturated rings. The van der Waals surface area contributed by atoms with E-state index in [1.165, 1.54) is 19.2 Å². The molecule has 122 valence electrons. The minimum atomic E-state index is -3.96. The number of carboxylic acid groups (broad SMARTS) is 1. The van der Waals surface area contributed by atoms with Gasteiger partial charge in [0, 0.05) is 7.11 Å². The Bertz CT molecular complexity index is 836. The molecule has 0 spiro atoms. The molecular formula is C15H14FNO5S. The number of ether oxygens (including phenoxy) is 1. The number of carbonyl (C=O) groups is 1.